The standard InChI is InChI=1S/C14H14Cl2N4O/c1-2-3-14(21)18-13-5-4-12(19-20-13)17-11-7-9(15)6-10(16)8-11/h4-8H,2-3H2,1H3,(H,17,19)(H,18,20,21). The molecule has 0 atom stereocenters. The molecule has 0 saturated carbocycles. The maximum Gasteiger partial charge on any atom is 0.225 e. The van der Waals surface area contributed by atoms with Crippen molar-refractivity contribution < 1.29 is 4.79 Å². The highest BCUT2D eigenvalue weighted by molar-refractivity contribution is 6.35. The Morgan fingerprint density at radius 1 is 1.10 bits per heavy atom. The molecule has 1 aromatic heterocycles. The van der Waals surface area contributed by atoms with Crippen molar-refractivity contribution in [3.05, 3.63) is 40.4 Å². The van der Waals surface area contributed by atoms with Gasteiger partial charge in [-0.25, -0.2) is 0 Å². The molecule has 0 aliphatic rings. The monoisotopic (exact) mass is 324 g/mol. The third-order valence-corrected chi connectivity index (χ3v) is 2.98. The van der Waals surface area contributed by atoms with Gasteiger partial charge >= 0.3 is 0 Å². The fourth-order valence-corrected chi connectivity index (χ4v) is 2.20. The first-order valence-electron chi connectivity index (χ1n) is 6.43. The number of rotatable bonds is 5. The number of hydrogen-bond acceptors (Lipinski definition) is 4. The van der Waals surface area contributed by atoms with Crippen LogP contribution in [0.5, 0.6) is 0 Å². The predicted molar refractivity (Wildman–Crippen MR) is 85.3 cm³/mol. The zero-order valence-corrected chi connectivity index (χ0v) is 12.9. The van der Waals surface area contributed by atoms with Gasteiger partial charge in [0.2, 0.25) is 5.91 Å². The quantitative estimate of drug-likeness (QED) is 0.862. The average molecular weight is 325 g/mol. The number of anilines is 3. The summed E-state index contributed by atoms with van der Waals surface area (Å²) in [7, 11) is 0. The second-order valence-electron chi connectivity index (χ2n) is 4.39. The van der Waals surface area contributed by atoms with E-state index in [2.05, 4.69) is 20.8 Å². The highest BCUT2D eigenvalue weighted by Gasteiger charge is 2.04. The first-order chi connectivity index (χ1) is 10.1. The van der Waals surface area contributed by atoms with Crippen molar-refractivity contribution in [3.8, 4) is 0 Å². The van der Waals surface area contributed by atoms with Gasteiger partial charge in [-0.05, 0) is 36.8 Å². The number of aromatic nitrogens is 2. The number of hydrogen-bond donors (Lipinski definition) is 2. The molecule has 1 aromatic carbocycles. The first kappa shape index (κ1) is 15.5. The topological polar surface area (TPSA) is 66.9 Å². The van der Waals surface area contributed by atoms with Crippen LogP contribution in [0, 0.1) is 0 Å². The van der Waals surface area contributed by atoms with Gasteiger partial charge in [0.05, 0.1) is 0 Å². The van der Waals surface area contributed by atoms with E-state index in [-0.39, 0.29) is 5.91 Å². The molecule has 0 unspecified atom stereocenters. The van der Waals surface area contributed by atoms with Crippen LogP contribution in [0.3, 0.4) is 0 Å². The summed E-state index contributed by atoms with van der Waals surface area (Å²) < 4.78 is 0. The van der Waals surface area contributed by atoms with Crippen LogP contribution in [0.2, 0.25) is 10.0 Å². The molecule has 110 valence electrons. The average Bonchev–Trinajstić information content (AvgIpc) is 2.40. The predicted octanol–water partition coefficient (Wildman–Crippen LogP) is 4.27. The van der Waals surface area contributed by atoms with E-state index in [0.717, 1.165) is 6.42 Å². The summed E-state index contributed by atoms with van der Waals surface area (Å²) in [5, 5.41) is 14.7. The van der Waals surface area contributed by atoms with Crippen molar-refractivity contribution in [2.45, 2.75) is 19.8 Å². The Kier molecular flexibility index (Phi) is 5.36. The molecule has 1 amide bonds. The smallest absolute Gasteiger partial charge is 0.225 e. The zero-order valence-electron chi connectivity index (χ0n) is 11.4. The molecule has 2 rings (SSSR count). The van der Waals surface area contributed by atoms with Crippen molar-refractivity contribution in [1.29, 1.82) is 0 Å². The summed E-state index contributed by atoms with van der Waals surface area (Å²) >= 11 is 11.8. The molecule has 2 aromatic rings. The lowest BCUT2D eigenvalue weighted by molar-refractivity contribution is -0.116. The van der Waals surface area contributed by atoms with Gasteiger partial charge in [0.15, 0.2) is 11.6 Å². The van der Waals surface area contributed by atoms with Crippen LogP contribution in [-0.2, 0) is 4.79 Å². The minimum Gasteiger partial charge on any atom is -0.339 e. The first-order valence-corrected chi connectivity index (χ1v) is 7.19. The van der Waals surface area contributed by atoms with Gasteiger partial charge in [0.25, 0.3) is 0 Å². The molecule has 0 bridgehead atoms. The molecule has 5 nitrogen and oxygen atoms in total. The Morgan fingerprint density at radius 3 is 2.29 bits per heavy atom. The second kappa shape index (κ2) is 7.24. The summed E-state index contributed by atoms with van der Waals surface area (Å²) in [6.07, 6.45) is 1.25. The van der Waals surface area contributed by atoms with Gasteiger partial charge in [0.1, 0.15) is 0 Å². The lowest BCUT2D eigenvalue weighted by atomic mass is 10.3. The molecule has 7 heteroatoms. The van der Waals surface area contributed by atoms with E-state index in [4.69, 9.17) is 23.2 Å². The normalized spacial score (nSPS) is 10.2. The largest absolute Gasteiger partial charge is 0.339 e. The molecule has 2 N–H and O–H groups in total. The summed E-state index contributed by atoms with van der Waals surface area (Å²) in [6.45, 7) is 1.94. The number of benzene rings is 1. The van der Waals surface area contributed by atoms with Crippen LogP contribution in [-0.4, -0.2) is 16.1 Å². The Balaban J connectivity index is 2.03. The summed E-state index contributed by atoms with van der Waals surface area (Å²) in [4.78, 5) is 11.4. The molecule has 21 heavy (non-hydrogen) atoms. The highest BCUT2D eigenvalue weighted by atomic mass is 35.5. The van der Waals surface area contributed by atoms with E-state index in [1.165, 1.54) is 0 Å². The lowest BCUT2D eigenvalue weighted by Crippen LogP contribution is -2.12. The Bertz CT molecular complexity index is 611. The van der Waals surface area contributed by atoms with E-state index in [1.54, 1.807) is 30.3 Å². The molecular formula is C14H14Cl2N4O. The van der Waals surface area contributed by atoms with Crippen LogP contribution in [0.4, 0.5) is 17.3 Å². The van der Waals surface area contributed by atoms with E-state index in [9.17, 15) is 4.79 Å². The van der Waals surface area contributed by atoms with Gasteiger partial charge in [-0.3, -0.25) is 4.79 Å². The molecule has 1 heterocycles. The minimum atomic E-state index is -0.0749. The van der Waals surface area contributed by atoms with Gasteiger partial charge in [-0.15, -0.1) is 10.2 Å². The third kappa shape index (κ3) is 4.88. The van der Waals surface area contributed by atoms with Gasteiger partial charge in [-0.1, -0.05) is 30.1 Å². The lowest BCUT2D eigenvalue weighted by Gasteiger charge is -2.07. The second-order valence-corrected chi connectivity index (χ2v) is 5.26. The third-order valence-electron chi connectivity index (χ3n) is 2.54. The minimum absolute atomic E-state index is 0.0749. The van der Waals surface area contributed by atoms with Crippen LogP contribution >= 0.6 is 23.2 Å². The number of carbonyl (C=O) groups excluding carboxylic acids is 1. The molecule has 0 aliphatic carbocycles. The van der Waals surface area contributed by atoms with Crippen LogP contribution < -0.4 is 10.6 Å². The fraction of sp³-hybridized carbons (Fsp3) is 0.214. The Labute approximate surface area is 132 Å². The number of carbonyl (C=O) groups is 1. The number of nitrogens with one attached hydrogen (secondary N) is 2. The van der Waals surface area contributed by atoms with Crippen LogP contribution in [0.15, 0.2) is 30.3 Å². The molecule has 0 fully saturated rings. The molecular weight excluding hydrogens is 311 g/mol. The zero-order chi connectivity index (χ0) is 15.2. The summed E-state index contributed by atoms with van der Waals surface area (Å²) in [6, 6.07) is 8.49. The molecule has 0 saturated heterocycles. The fourth-order valence-electron chi connectivity index (χ4n) is 1.67. The highest BCUT2D eigenvalue weighted by Crippen LogP contribution is 2.24. The van der Waals surface area contributed by atoms with Crippen molar-refractivity contribution >= 4 is 46.4 Å². The summed E-state index contributed by atoms with van der Waals surface area (Å²) in [5.74, 6) is 0.874. The van der Waals surface area contributed by atoms with Crippen molar-refractivity contribution in [2.24, 2.45) is 0 Å². The molecule has 0 spiro atoms. The SMILES string of the molecule is CCCC(=O)Nc1ccc(Nc2cc(Cl)cc(Cl)c2)nn1. The number of amides is 1. The number of nitrogens with zero attached hydrogens (tertiary/aromatic N) is 2. The van der Waals surface area contributed by atoms with E-state index in [0.29, 0.717) is 33.8 Å². The molecule has 0 aliphatic heterocycles. The van der Waals surface area contributed by atoms with Crippen LogP contribution in [0.1, 0.15) is 19.8 Å². The Morgan fingerprint density at radius 2 is 1.71 bits per heavy atom. The van der Waals surface area contributed by atoms with E-state index < -0.39 is 0 Å². The maximum absolute atomic E-state index is 11.4. The van der Waals surface area contributed by atoms with Crippen molar-refractivity contribution in [2.75, 3.05) is 10.6 Å². The Hall–Kier alpha value is -1.85. The van der Waals surface area contributed by atoms with E-state index >= 15 is 0 Å². The van der Waals surface area contributed by atoms with Gasteiger partial charge in [0, 0.05) is 22.2 Å². The summed E-state index contributed by atoms with van der Waals surface area (Å²) in [5.41, 5.74) is 0.713. The van der Waals surface area contributed by atoms with Gasteiger partial charge < -0.3 is 10.6 Å². The maximum atomic E-state index is 11.4. The van der Waals surface area contributed by atoms with Crippen molar-refractivity contribution in [3.63, 3.8) is 0 Å². The van der Waals surface area contributed by atoms with Crippen LogP contribution in [0.25, 0.3) is 0 Å². The molecule has 0 radical (unpaired) electrons. The van der Waals surface area contributed by atoms with E-state index in [1.807, 2.05) is 6.92 Å². The van der Waals surface area contributed by atoms with Gasteiger partial charge in [-0.2, -0.15) is 0 Å². The van der Waals surface area contributed by atoms with Crippen molar-refractivity contribution in [1.82, 2.24) is 10.2 Å². The number of halogens is 2.